The summed E-state index contributed by atoms with van der Waals surface area (Å²) in [5, 5.41) is 1.20. The van der Waals surface area contributed by atoms with Gasteiger partial charge in [-0.15, -0.1) is 11.8 Å². The fraction of sp³-hybridized carbons (Fsp3) is 0.231. The van der Waals surface area contributed by atoms with E-state index < -0.39 is 0 Å². The summed E-state index contributed by atoms with van der Waals surface area (Å²) >= 11 is 7.30. The molecule has 1 atom stereocenters. The molecular weight excluding hydrogens is 234 g/mol. The van der Waals surface area contributed by atoms with Crippen LogP contribution in [0.2, 0.25) is 0 Å². The van der Waals surface area contributed by atoms with Crippen LogP contribution >= 0.6 is 24.0 Å². The summed E-state index contributed by atoms with van der Waals surface area (Å²) in [6.45, 7) is 0.936. The predicted octanol–water partition coefficient (Wildman–Crippen LogP) is 3.31. The first-order valence-electron chi connectivity index (χ1n) is 5.34. The predicted molar refractivity (Wildman–Crippen MR) is 75.6 cm³/mol. The molecule has 1 heterocycles. The fourth-order valence-electron chi connectivity index (χ4n) is 2.13. The molecule has 0 aromatic heterocycles. The first-order valence-corrected chi connectivity index (χ1v) is 6.73. The highest BCUT2D eigenvalue weighted by Gasteiger charge is 2.27. The molecule has 1 aliphatic carbocycles. The zero-order valence-corrected chi connectivity index (χ0v) is 10.4. The van der Waals surface area contributed by atoms with E-state index in [1.54, 1.807) is 0 Å². The van der Waals surface area contributed by atoms with Gasteiger partial charge in [-0.2, -0.15) is 0 Å². The second-order valence-electron chi connectivity index (χ2n) is 3.87. The minimum Gasteiger partial charge on any atom is -0.281 e. The maximum atomic E-state index is 5.46. The number of rotatable bonds is 1. The number of aliphatic imine (C=N–C) groups is 1. The summed E-state index contributed by atoms with van der Waals surface area (Å²) in [6, 6.07) is 8.45. The minimum absolute atomic E-state index is 0.226. The van der Waals surface area contributed by atoms with Gasteiger partial charge in [-0.25, -0.2) is 0 Å². The lowest BCUT2D eigenvalue weighted by Gasteiger charge is -2.22. The number of fused-ring (bicyclic) bond motifs is 1. The van der Waals surface area contributed by atoms with E-state index in [9.17, 15) is 0 Å². The fourth-order valence-corrected chi connectivity index (χ4v) is 3.50. The number of thioether (sulfide) groups is 1. The van der Waals surface area contributed by atoms with Crippen LogP contribution in [0.4, 0.5) is 0 Å². The quantitative estimate of drug-likeness (QED) is 0.704. The molecule has 3 rings (SSSR count). The average Bonchev–Trinajstić information content (AvgIpc) is 2.82. The molecule has 16 heavy (non-hydrogen) atoms. The van der Waals surface area contributed by atoms with Crippen LogP contribution in [0.3, 0.4) is 0 Å². The topological polar surface area (TPSA) is 12.4 Å². The van der Waals surface area contributed by atoms with Crippen molar-refractivity contribution in [3.8, 4) is 0 Å². The summed E-state index contributed by atoms with van der Waals surface area (Å²) in [5.74, 6) is 1.32. The molecule has 1 aromatic rings. The zero-order chi connectivity index (χ0) is 11.0. The van der Waals surface area contributed by atoms with Crippen LogP contribution in [-0.2, 0) is 0 Å². The van der Waals surface area contributed by atoms with Crippen LogP contribution in [0.25, 0.3) is 6.08 Å². The van der Waals surface area contributed by atoms with Gasteiger partial charge in [0.1, 0.15) is 0 Å². The standard InChI is InChI=1S/C13H11NS2/c15-11-6-5-9-3-1-2-4-10(9)12(11)13-14-7-8-16-13/h1-6,12H,7-8H2. The highest BCUT2D eigenvalue weighted by Crippen LogP contribution is 2.34. The SMILES string of the molecule is S=C1C=Cc2ccccc2C1C1=NCCS1. The second-order valence-corrected chi connectivity index (χ2v) is 5.45. The number of hydrogen-bond donors (Lipinski definition) is 0. The van der Waals surface area contributed by atoms with Gasteiger partial charge in [0.05, 0.1) is 11.0 Å². The smallest absolute Gasteiger partial charge is 0.0804 e. The summed E-state index contributed by atoms with van der Waals surface area (Å²) in [7, 11) is 0. The van der Waals surface area contributed by atoms with E-state index in [1.807, 2.05) is 17.8 Å². The Morgan fingerprint density at radius 1 is 1.25 bits per heavy atom. The normalized spacial score (nSPS) is 23.1. The van der Waals surface area contributed by atoms with Crippen molar-refractivity contribution in [3.05, 3.63) is 41.5 Å². The van der Waals surface area contributed by atoms with Gasteiger partial charge < -0.3 is 0 Å². The maximum absolute atomic E-state index is 5.46. The Morgan fingerprint density at radius 3 is 2.94 bits per heavy atom. The first-order chi connectivity index (χ1) is 7.86. The Hall–Kier alpha value is -0.930. The van der Waals surface area contributed by atoms with E-state index in [-0.39, 0.29) is 5.92 Å². The number of allylic oxidation sites excluding steroid dienone is 1. The molecule has 0 bridgehead atoms. The molecule has 2 aliphatic rings. The van der Waals surface area contributed by atoms with Crippen LogP contribution in [0.5, 0.6) is 0 Å². The van der Waals surface area contributed by atoms with Gasteiger partial charge in [-0.05, 0) is 17.2 Å². The number of benzene rings is 1. The molecular formula is C13H11NS2. The van der Waals surface area contributed by atoms with Gasteiger partial charge >= 0.3 is 0 Å². The lowest BCUT2D eigenvalue weighted by Crippen LogP contribution is -2.19. The number of hydrogen-bond acceptors (Lipinski definition) is 3. The van der Waals surface area contributed by atoms with Crippen LogP contribution in [-0.4, -0.2) is 22.2 Å². The molecule has 0 spiro atoms. The van der Waals surface area contributed by atoms with Gasteiger partial charge in [0.2, 0.25) is 0 Å². The molecule has 1 aliphatic heterocycles. The van der Waals surface area contributed by atoms with Crippen molar-refractivity contribution < 1.29 is 0 Å². The third-order valence-corrected chi connectivity index (χ3v) is 4.29. The third-order valence-electron chi connectivity index (χ3n) is 2.87. The molecule has 0 N–H and O–H groups in total. The van der Waals surface area contributed by atoms with Crippen molar-refractivity contribution >= 4 is 40.0 Å². The monoisotopic (exact) mass is 245 g/mol. The molecule has 1 nitrogen and oxygen atoms in total. The van der Waals surface area contributed by atoms with E-state index >= 15 is 0 Å². The van der Waals surface area contributed by atoms with Gasteiger partial charge in [0.25, 0.3) is 0 Å². The van der Waals surface area contributed by atoms with Crippen LogP contribution in [0.15, 0.2) is 35.3 Å². The van der Waals surface area contributed by atoms with Gasteiger partial charge in [-0.3, -0.25) is 4.99 Å². The molecule has 3 heteroatoms. The Kier molecular flexibility index (Phi) is 2.65. The number of nitrogens with zero attached hydrogens (tertiary/aromatic N) is 1. The van der Waals surface area contributed by atoms with Crippen molar-refractivity contribution in [3.63, 3.8) is 0 Å². The second kappa shape index (κ2) is 4.15. The van der Waals surface area contributed by atoms with Crippen molar-refractivity contribution in [2.45, 2.75) is 5.92 Å². The zero-order valence-electron chi connectivity index (χ0n) is 8.72. The lowest BCUT2D eigenvalue weighted by atomic mass is 9.87. The summed E-state index contributed by atoms with van der Waals surface area (Å²) < 4.78 is 0. The molecule has 0 saturated heterocycles. The van der Waals surface area contributed by atoms with Crippen molar-refractivity contribution in [1.82, 2.24) is 0 Å². The van der Waals surface area contributed by atoms with Crippen LogP contribution in [0.1, 0.15) is 17.0 Å². The maximum Gasteiger partial charge on any atom is 0.0804 e. The van der Waals surface area contributed by atoms with Crippen LogP contribution in [0, 0.1) is 0 Å². The third kappa shape index (κ3) is 1.64. The van der Waals surface area contributed by atoms with E-state index in [4.69, 9.17) is 12.2 Å². The Labute approximate surface area is 105 Å². The van der Waals surface area contributed by atoms with E-state index in [2.05, 4.69) is 35.3 Å². The van der Waals surface area contributed by atoms with Gasteiger partial charge in [0.15, 0.2) is 0 Å². The molecule has 80 valence electrons. The van der Waals surface area contributed by atoms with E-state index in [1.165, 1.54) is 16.2 Å². The van der Waals surface area contributed by atoms with E-state index in [0.717, 1.165) is 17.2 Å². The van der Waals surface area contributed by atoms with Crippen LogP contribution < -0.4 is 0 Å². The molecule has 0 amide bonds. The lowest BCUT2D eigenvalue weighted by molar-refractivity contribution is 1.14. The first kappa shape index (κ1) is 10.2. The summed E-state index contributed by atoms with van der Waals surface area (Å²) in [5.41, 5.74) is 2.58. The molecule has 0 saturated carbocycles. The van der Waals surface area contributed by atoms with Crippen molar-refractivity contribution in [1.29, 1.82) is 0 Å². The Bertz CT molecular complexity index is 502. The van der Waals surface area contributed by atoms with Gasteiger partial charge in [0, 0.05) is 17.2 Å². The minimum atomic E-state index is 0.226. The van der Waals surface area contributed by atoms with Crippen molar-refractivity contribution in [2.24, 2.45) is 4.99 Å². The number of thiocarbonyl (C=S) groups is 1. The summed E-state index contributed by atoms with van der Waals surface area (Å²) in [4.78, 5) is 5.56. The van der Waals surface area contributed by atoms with Crippen molar-refractivity contribution in [2.75, 3.05) is 12.3 Å². The van der Waals surface area contributed by atoms with E-state index in [0.29, 0.717) is 0 Å². The highest BCUT2D eigenvalue weighted by atomic mass is 32.2. The molecule has 0 radical (unpaired) electrons. The largest absolute Gasteiger partial charge is 0.281 e. The summed E-state index contributed by atoms with van der Waals surface area (Å²) in [6.07, 6.45) is 4.15. The average molecular weight is 245 g/mol. The Balaban J connectivity index is 2.10. The molecule has 1 unspecified atom stereocenters. The molecule has 0 fully saturated rings. The Morgan fingerprint density at radius 2 is 2.12 bits per heavy atom. The van der Waals surface area contributed by atoms with Gasteiger partial charge in [-0.1, -0.05) is 42.6 Å². The molecule has 1 aromatic carbocycles. The highest BCUT2D eigenvalue weighted by molar-refractivity contribution is 8.14.